The van der Waals surface area contributed by atoms with Gasteiger partial charge in [-0.25, -0.2) is 0 Å². The molecule has 2 saturated carbocycles. The van der Waals surface area contributed by atoms with Crippen molar-refractivity contribution in [1.82, 2.24) is 25.5 Å². The summed E-state index contributed by atoms with van der Waals surface area (Å²) in [5.41, 5.74) is 6.16. The van der Waals surface area contributed by atoms with Gasteiger partial charge in [-0.2, -0.15) is 9.97 Å². The van der Waals surface area contributed by atoms with Crippen LogP contribution >= 0.6 is 0 Å². The second kappa shape index (κ2) is 15.7. The van der Waals surface area contributed by atoms with E-state index in [1.165, 1.54) is 96.7 Å². The molecule has 3 aliphatic rings. The minimum absolute atomic E-state index is 0.560. The first-order valence-corrected chi connectivity index (χ1v) is 15.5. The molecule has 0 aromatic carbocycles. The third kappa shape index (κ3) is 9.88. The van der Waals surface area contributed by atoms with E-state index >= 15 is 0 Å². The molecule has 3 fully saturated rings. The topological polar surface area (TPSA) is 94.4 Å². The van der Waals surface area contributed by atoms with Crippen LogP contribution in [0.3, 0.4) is 0 Å². The summed E-state index contributed by atoms with van der Waals surface area (Å²) in [6.45, 7) is 12.1. The van der Waals surface area contributed by atoms with Crippen molar-refractivity contribution in [2.24, 2.45) is 11.8 Å². The maximum atomic E-state index is 6.16. The molecule has 1 aliphatic heterocycles. The van der Waals surface area contributed by atoms with Crippen LogP contribution in [0.15, 0.2) is 6.07 Å². The highest BCUT2D eigenvalue weighted by atomic mass is 15.3. The van der Waals surface area contributed by atoms with Crippen molar-refractivity contribution in [2.75, 3.05) is 74.9 Å². The average Bonchev–Trinajstić information content (AvgIpc) is 2.94. The predicted octanol–water partition coefficient (Wildman–Crippen LogP) is 4.10. The fourth-order valence-corrected chi connectivity index (χ4v) is 6.28. The Morgan fingerprint density at radius 2 is 1.59 bits per heavy atom. The lowest BCUT2D eigenvalue weighted by Crippen LogP contribution is -2.47. The van der Waals surface area contributed by atoms with Gasteiger partial charge < -0.3 is 26.6 Å². The van der Waals surface area contributed by atoms with Crippen LogP contribution < -0.4 is 26.6 Å². The van der Waals surface area contributed by atoms with E-state index in [9.17, 15) is 0 Å². The summed E-state index contributed by atoms with van der Waals surface area (Å²) >= 11 is 0. The smallest absolute Gasteiger partial charge is 0.226 e. The van der Waals surface area contributed by atoms with Crippen molar-refractivity contribution in [3.63, 3.8) is 0 Å². The Kier molecular flexibility index (Phi) is 12.0. The minimum atomic E-state index is 0.560. The highest BCUT2D eigenvalue weighted by Crippen LogP contribution is 2.29. The van der Waals surface area contributed by atoms with Crippen molar-refractivity contribution < 1.29 is 0 Å². The van der Waals surface area contributed by atoms with Gasteiger partial charge in [0.25, 0.3) is 0 Å². The molecule has 8 nitrogen and oxygen atoms in total. The van der Waals surface area contributed by atoms with Crippen LogP contribution in [0, 0.1) is 11.8 Å². The van der Waals surface area contributed by atoms with E-state index in [-0.39, 0.29) is 0 Å². The van der Waals surface area contributed by atoms with Gasteiger partial charge in [-0.15, -0.1) is 0 Å². The maximum Gasteiger partial charge on any atom is 0.226 e. The molecule has 1 aromatic rings. The molecule has 0 radical (unpaired) electrons. The third-order valence-corrected chi connectivity index (χ3v) is 8.77. The molecule has 0 spiro atoms. The molecular formula is C29H54N8. The first-order chi connectivity index (χ1) is 18.2. The molecule has 37 heavy (non-hydrogen) atoms. The van der Waals surface area contributed by atoms with Crippen molar-refractivity contribution >= 4 is 17.6 Å². The molecule has 1 aromatic heterocycles. The van der Waals surface area contributed by atoms with E-state index in [0.717, 1.165) is 57.0 Å². The molecular weight excluding hydrogens is 460 g/mol. The fourth-order valence-electron chi connectivity index (χ4n) is 6.28. The van der Waals surface area contributed by atoms with Crippen LogP contribution in [0.1, 0.15) is 84.0 Å². The standard InChI is InChI=1S/C29H54N8/c1-2-3-16-36-17-19-37(20-18-36)28-21-27(30)34-29(35-28)33-23-25-12-10-24(11-13-25)22-31-14-7-15-32-26-8-5-4-6-9-26/h21,24-26,31-32H,2-20,22-23H2,1H3,(H3,30,33,34,35). The summed E-state index contributed by atoms with van der Waals surface area (Å²) in [6.07, 6.45) is 16.0. The molecule has 2 aliphatic carbocycles. The Morgan fingerprint density at radius 3 is 2.32 bits per heavy atom. The number of nitrogens with two attached hydrogens (primary N) is 1. The minimum Gasteiger partial charge on any atom is -0.383 e. The summed E-state index contributed by atoms with van der Waals surface area (Å²) in [7, 11) is 0. The van der Waals surface area contributed by atoms with Gasteiger partial charge in [0.15, 0.2) is 0 Å². The number of hydrogen-bond donors (Lipinski definition) is 4. The highest BCUT2D eigenvalue weighted by Gasteiger charge is 2.22. The molecule has 8 heteroatoms. The van der Waals surface area contributed by atoms with Crippen molar-refractivity contribution in [1.29, 1.82) is 0 Å². The van der Waals surface area contributed by atoms with E-state index in [1.807, 2.05) is 6.07 Å². The van der Waals surface area contributed by atoms with Crippen molar-refractivity contribution in [3.8, 4) is 0 Å². The fraction of sp³-hybridized carbons (Fsp3) is 0.862. The van der Waals surface area contributed by atoms with E-state index < -0.39 is 0 Å². The number of nitrogen functional groups attached to an aromatic ring is 1. The largest absolute Gasteiger partial charge is 0.383 e. The Morgan fingerprint density at radius 1 is 0.865 bits per heavy atom. The van der Waals surface area contributed by atoms with Gasteiger partial charge in [-0.3, -0.25) is 4.90 Å². The monoisotopic (exact) mass is 514 g/mol. The predicted molar refractivity (Wildman–Crippen MR) is 156 cm³/mol. The normalized spacial score (nSPS) is 23.9. The lowest BCUT2D eigenvalue weighted by molar-refractivity contribution is 0.253. The molecule has 5 N–H and O–H groups in total. The number of hydrogen-bond acceptors (Lipinski definition) is 8. The molecule has 4 rings (SSSR count). The highest BCUT2D eigenvalue weighted by molar-refractivity contribution is 5.51. The summed E-state index contributed by atoms with van der Waals surface area (Å²) in [5.74, 6) is 3.74. The van der Waals surface area contributed by atoms with Crippen LogP contribution in [0.4, 0.5) is 17.6 Å². The van der Waals surface area contributed by atoms with Gasteiger partial charge in [0.1, 0.15) is 11.6 Å². The number of nitrogens with zero attached hydrogens (tertiary/aromatic N) is 4. The number of rotatable bonds is 14. The summed E-state index contributed by atoms with van der Waals surface area (Å²) in [4.78, 5) is 14.2. The zero-order valence-corrected chi connectivity index (χ0v) is 23.5. The summed E-state index contributed by atoms with van der Waals surface area (Å²) in [5, 5.41) is 11.0. The zero-order chi connectivity index (χ0) is 25.7. The zero-order valence-electron chi connectivity index (χ0n) is 23.5. The van der Waals surface area contributed by atoms with Crippen LogP contribution in [0.25, 0.3) is 0 Å². The van der Waals surface area contributed by atoms with E-state index in [0.29, 0.717) is 17.7 Å². The number of unbranched alkanes of at least 4 members (excludes halogenated alkanes) is 1. The molecule has 0 unspecified atom stereocenters. The van der Waals surface area contributed by atoms with Gasteiger partial charge in [0.05, 0.1) is 0 Å². The van der Waals surface area contributed by atoms with Gasteiger partial charge in [0, 0.05) is 44.8 Å². The SMILES string of the molecule is CCCCN1CCN(c2cc(N)nc(NCC3CCC(CNCCCNC4CCCCC4)CC3)n2)CC1. The van der Waals surface area contributed by atoms with Crippen LogP contribution in [0.5, 0.6) is 0 Å². The van der Waals surface area contributed by atoms with E-state index in [2.05, 4.69) is 37.7 Å². The molecule has 0 amide bonds. The van der Waals surface area contributed by atoms with Gasteiger partial charge >= 0.3 is 0 Å². The maximum absolute atomic E-state index is 6.16. The second-order valence-corrected chi connectivity index (χ2v) is 11.8. The summed E-state index contributed by atoms with van der Waals surface area (Å²) < 4.78 is 0. The Hall–Kier alpha value is -1.64. The van der Waals surface area contributed by atoms with Gasteiger partial charge in [-0.05, 0) is 89.4 Å². The van der Waals surface area contributed by atoms with Gasteiger partial charge in [-0.1, -0.05) is 32.6 Å². The third-order valence-electron chi connectivity index (χ3n) is 8.77. The average molecular weight is 515 g/mol. The molecule has 2 heterocycles. The first kappa shape index (κ1) is 28.4. The van der Waals surface area contributed by atoms with Crippen LogP contribution in [-0.4, -0.2) is 79.8 Å². The Balaban J connectivity index is 1.08. The van der Waals surface area contributed by atoms with Crippen LogP contribution in [0.2, 0.25) is 0 Å². The quantitative estimate of drug-likeness (QED) is 0.276. The summed E-state index contributed by atoms with van der Waals surface area (Å²) in [6, 6.07) is 2.71. The van der Waals surface area contributed by atoms with Gasteiger partial charge in [0.2, 0.25) is 5.95 Å². The Bertz CT molecular complexity index is 752. The molecule has 1 saturated heterocycles. The van der Waals surface area contributed by atoms with Crippen LogP contribution in [-0.2, 0) is 0 Å². The van der Waals surface area contributed by atoms with Crippen molar-refractivity contribution in [2.45, 2.75) is 90.0 Å². The van der Waals surface area contributed by atoms with E-state index in [4.69, 9.17) is 10.7 Å². The number of anilines is 3. The van der Waals surface area contributed by atoms with Crippen molar-refractivity contribution in [3.05, 3.63) is 6.07 Å². The van der Waals surface area contributed by atoms with E-state index in [1.54, 1.807) is 0 Å². The lowest BCUT2D eigenvalue weighted by atomic mass is 9.82. The number of piperazine rings is 1. The number of aromatic nitrogens is 2. The molecule has 210 valence electrons. The Labute approximate surface area is 225 Å². The molecule has 0 bridgehead atoms. The molecule has 0 atom stereocenters. The lowest BCUT2D eigenvalue weighted by Gasteiger charge is -2.35. The first-order valence-electron chi connectivity index (χ1n) is 15.5. The second-order valence-electron chi connectivity index (χ2n) is 11.8. The number of nitrogens with one attached hydrogen (secondary N) is 3.